The van der Waals surface area contributed by atoms with Crippen molar-refractivity contribution in [1.82, 2.24) is 14.8 Å². The van der Waals surface area contributed by atoms with Gasteiger partial charge in [0.25, 0.3) is 0 Å². The van der Waals surface area contributed by atoms with Crippen LogP contribution in [0.3, 0.4) is 0 Å². The number of hydrogen-bond acceptors (Lipinski definition) is 6. The van der Waals surface area contributed by atoms with E-state index in [1.54, 1.807) is 0 Å². The molecular weight excluding hydrogens is 410 g/mol. The molecule has 0 saturated carbocycles. The summed E-state index contributed by atoms with van der Waals surface area (Å²) in [7, 11) is 0. The van der Waals surface area contributed by atoms with Crippen LogP contribution < -0.4 is 10.2 Å². The molecule has 31 heavy (non-hydrogen) atoms. The molecule has 0 spiro atoms. The van der Waals surface area contributed by atoms with E-state index in [0.717, 1.165) is 54.2 Å². The fraction of sp³-hybridized carbons (Fsp3) is 0.348. The van der Waals surface area contributed by atoms with Crippen LogP contribution >= 0.6 is 11.8 Å². The quantitative estimate of drug-likeness (QED) is 0.571. The molecule has 2 aromatic carbocycles. The summed E-state index contributed by atoms with van der Waals surface area (Å²) in [5.74, 6) is 1.05. The Morgan fingerprint density at radius 3 is 2.61 bits per heavy atom. The van der Waals surface area contributed by atoms with Gasteiger partial charge in [-0.15, -0.1) is 10.2 Å². The normalized spacial score (nSPS) is 13.9. The van der Waals surface area contributed by atoms with Gasteiger partial charge < -0.3 is 19.5 Å². The maximum Gasteiger partial charge on any atom is 0.234 e. The van der Waals surface area contributed by atoms with Crippen molar-refractivity contribution in [1.29, 1.82) is 0 Å². The van der Waals surface area contributed by atoms with Crippen molar-refractivity contribution >= 4 is 29.0 Å². The van der Waals surface area contributed by atoms with Gasteiger partial charge in [0.05, 0.1) is 25.5 Å². The summed E-state index contributed by atoms with van der Waals surface area (Å²) in [5, 5.41) is 12.2. The minimum Gasteiger partial charge on any atom is -0.378 e. The Labute approximate surface area is 186 Å². The van der Waals surface area contributed by atoms with E-state index in [1.807, 2.05) is 42.7 Å². The first-order chi connectivity index (χ1) is 15.1. The second kappa shape index (κ2) is 9.98. The third-order valence-corrected chi connectivity index (χ3v) is 6.24. The summed E-state index contributed by atoms with van der Waals surface area (Å²) >= 11 is 1.40. The van der Waals surface area contributed by atoms with Crippen molar-refractivity contribution in [3.05, 3.63) is 65.5 Å². The van der Waals surface area contributed by atoms with Crippen LogP contribution in [0.25, 0.3) is 0 Å². The van der Waals surface area contributed by atoms with Crippen LogP contribution in [0.1, 0.15) is 17.0 Å². The van der Waals surface area contributed by atoms with Gasteiger partial charge >= 0.3 is 0 Å². The maximum atomic E-state index is 12.6. The van der Waals surface area contributed by atoms with Crippen molar-refractivity contribution in [2.75, 3.05) is 42.3 Å². The maximum absolute atomic E-state index is 12.6. The number of thioether (sulfide) groups is 1. The topological polar surface area (TPSA) is 72.3 Å². The molecular formula is C23H27N5O2S. The van der Waals surface area contributed by atoms with Gasteiger partial charge in [-0.25, -0.2) is 0 Å². The molecule has 1 aromatic heterocycles. The van der Waals surface area contributed by atoms with Crippen LogP contribution in [-0.4, -0.2) is 52.7 Å². The Kier molecular flexibility index (Phi) is 6.89. The predicted octanol–water partition coefficient (Wildman–Crippen LogP) is 3.51. The Morgan fingerprint density at radius 1 is 1.10 bits per heavy atom. The molecule has 1 saturated heterocycles. The molecule has 7 nitrogen and oxygen atoms in total. The van der Waals surface area contributed by atoms with Crippen LogP contribution in [0.5, 0.6) is 0 Å². The van der Waals surface area contributed by atoms with E-state index in [0.29, 0.717) is 6.54 Å². The summed E-state index contributed by atoms with van der Waals surface area (Å²) < 4.78 is 7.46. The molecule has 0 radical (unpaired) electrons. The minimum absolute atomic E-state index is 0.0564. The number of nitrogens with one attached hydrogen (secondary N) is 1. The molecule has 1 N–H and O–H groups in total. The van der Waals surface area contributed by atoms with Gasteiger partial charge in [-0.3, -0.25) is 4.79 Å². The molecule has 2 heterocycles. The summed E-state index contributed by atoms with van der Waals surface area (Å²) in [4.78, 5) is 14.9. The Bertz CT molecular complexity index is 1030. The highest BCUT2D eigenvalue weighted by atomic mass is 32.2. The zero-order valence-corrected chi connectivity index (χ0v) is 18.7. The van der Waals surface area contributed by atoms with Crippen molar-refractivity contribution in [2.24, 2.45) is 0 Å². The number of aromatic nitrogens is 3. The molecule has 0 unspecified atom stereocenters. The number of nitrogens with zero attached hydrogens (tertiary/aromatic N) is 4. The highest BCUT2D eigenvalue weighted by Crippen LogP contribution is 2.24. The standard InChI is InChI=1S/C23H27N5O2S/c1-17-14-20(27-10-12-30-13-11-27)8-9-21(17)24-22(29)16-31-23-26-25-18(2)28(23)15-19-6-4-3-5-7-19/h3-9,14H,10-13,15-16H2,1-2H3,(H,24,29). The lowest BCUT2D eigenvalue weighted by molar-refractivity contribution is -0.113. The van der Waals surface area contributed by atoms with Gasteiger partial charge in [-0.05, 0) is 43.2 Å². The Hall–Kier alpha value is -2.84. The number of anilines is 2. The first kappa shape index (κ1) is 21.4. The number of carbonyl (C=O) groups excluding carboxylic acids is 1. The first-order valence-corrected chi connectivity index (χ1v) is 11.4. The lowest BCUT2D eigenvalue weighted by Gasteiger charge is -2.29. The van der Waals surface area contributed by atoms with E-state index >= 15 is 0 Å². The Balaban J connectivity index is 1.35. The monoisotopic (exact) mass is 437 g/mol. The molecule has 1 fully saturated rings. The van der Waals surface area contributed by atoms with E-state index < -0.39 is 0 Å². The SMILES string of the molecule is Cc1cc(N2CCOCC2)ccc1NC(=O)CSc1nnc(C)n1Cc1ccccc1. The minimum atomic E-state index is -0.0564. The van der Waals surface area contributed by atoms with E-state index in [-0.39, 0.29) is 11.7 Å². The number of hydrogen-bond donors (Lipinski definition) is 1. The summed E-state index contributed by atoms with van der Waals surface area (Å²) in [5.41, 5.74) is 4.22. The van der Waals surface area contributed by atoms with E-state index in [4.69, 9.17) is 4.74 Å². The molecule has 8 heteroatoms. The fourth-order valence-corrected chi connectivity index (χ4v) is 4.32. The van der Waals surface area contributed by atoms with Gasteiger partial charge in [0, 0.05) is 24.5 Å². The lowest BCUT2D eigenvalue weighted by atomic mass is 10.1. The average molecular weight is 438 g/mol. The third-order valence-electron chi connectivity index (χ3n) is 5.28. The Morgan fingerprint density at radius 2 is 1.87 bits per heavy atom. The number of morpholine rings is 1. The van der Waals surface area contributed by atoms with Crippen molar-refractivity contribution in [3.63, 3.8) is 0 Å². The number of amides is 1. The average Bonchev–Trinajstić information content (AvgIpc) is 3.14. The van der Waals surface area contributed by atoms with Gasteiger partial charge in [0.15, 0.2) is 5.16 Å². The van der Waals surface area contributed by atoms with Gasteiger partial charge in [0.2, 0.25) is 5.91 Å². The van der Waals surface area contributed by atoms with Crippen molar-refractivity contribution < 1.29 is 9.53 Å². The van der Waals surface area contributed by atoms with E-state index in [2.05, 4.69) is 44.7 Å². The molecule has 162 valence electrons. The zero-order chi connectivity index (χ0) is 21.6. The smallest absolute Gasteiger partial charge is 0.234 e. The largest absolute Gasteiger partial charge is 0.378 e. The second-order valence-corrected chi connectivity index (χ2v) is 8.48. The molecule has 1 amide bonds. The second-order valence-electron chi connectivity index (χ2n) is 7.54. The number of aryl methyl sites for hydroxylation is 2. The van der Waals surface area contributed by atoms with Gasteiger partial charge in [-0.2, -0.15) is 0 Å². The van der Waals surface area contributed by atoms with Crippen LogP contribution in [0.15, 0.2) is 53.7 Å². The molecule has 1 aliphatic heterocycles. The van der Waals surface area contributed by atoms with E-state index in [9.17, 15) is 4.79 Å². The predicted molar refractivity (Wildman–Crippen MR) is 124 cm³/mol. The lowest BCUT2D eigenvalue weighted by Crippen LogP contribution is -2.36. The van der Waals surface area contributed by atoms with Crippen molar-refractivity contribution in [3.8, 4) is 0 Å². The summed E-state index contributed by atoms with van der Waals surface area (Å²) in [6.07, 6.45) is 0. The third kappa shape index (κ3) is 5.45. The highest BCUT2D eigenvalue weighted by molar-refractivity contribution is 7.99. The van der Waals surface area contributed by atoms with Crippen LogP contribution in [0.2, 0.25) is 0 Å². The van der Waals surface area contributed by atoms with Crippen LogP contribution in [0, 0.1) is 13.8 Å². The van der Waals surface area contributed by atoms with Gasteiger partial charge in [-0.1, -0.05) is 42.1 Å². The first-order valence-electron chi connectivity index (χ1n) is 10.4. The number of rotatable bonds is 7. The number of ether oxygens (including phenoxy) is 1. The summed E-state index contributed by atoms with van der Waals surface area (Å²) in [6.45, 7) is 7.93. The fourth-order valence-electron chi connectivity index (χ4n) is 3.54. The van der Waals surface area contributed by atoms with Crippen molar-refractivity contribution in [2.45, 2.75) is 25.5 Å². The molecule has 0 atom stereocenters. The van der Waals surface area contributed by atoms with E-state index in [1.165, 1.54) is 17.3 Å². The van der Waals surface area contributed by atoms with Gasteiger partial charge in [0.1, 0.15) is 5.82 Å². The number of carbonyl (C=O) groups is 1. The van der Waals surface area contributed by atoms with Crippen LogP contribution in [0.4, 0.5) is 11.4 Å². The molecule has 4 rings (SSSR count). The summed E-state index contributed by atoms with van der Waals surface area (Å²) in [6, 6.07) is 16.3. The zero-order valence-electron chi connectivity index (χ0n) is 17.9. The molecule has 0 aliphatic carbocycles. The number of benzene rings is 2. The van der Waals surface area contributed by atoms with Crippen LogP contribution in [-0.2, 0) is 16.1 Å². The highest BCUT2D eigenvalue weighted by Gasteiger charge is 2.15. The molecule has 3 aromatic rings. The molecule has 1 aliphatic rings. The molecule has 0 bridgehead atoms.